The third-order valence-electron chi connectivity index (χ3n) is 2.69. The molecule has 0 aliphatic heterocycles. The maximum atomic E-state index is 11.3. The zero-order chi connectivity index (χ0) is 13.3. The Morgan fingerprint density at radius 3 is 2.61 bits per heavy atom. The first-order valence-corrected chi connectivity index (χ1v) is 7.92. The number of hydrogen-bond donors (Lipinski definition) is 1. The molecule has 2 aromatic rings. The Kier molecular flexibility index (Phi) is 3.72. The molecule has 0 saturated heterocycles. The quantitative estimate of drug-likeness (QED) is 0.928. The SMILES string of the molecule is CN(C)CCc1ccc2sc(S(N)(=O)=O)cc2c1. The number of thiophene rings is 1. The van der Waals surface area contributed by atoms with E-state index in [9.17, 15) is 8.42 Å². The summed E-state index contributed by atoms with van der Waals surface area (Å²) in [6.07, 6.45) is 0.948. The van der Waals surface area contributed by atoms with Crippen molar-refractivity contribution in [1.29, 1.82) is 0 Å². The van der Waals surface area contributed by atoms with Crippen LogP contribution in [0.4, 0.5) is 0 Å². The molecule has 1 heterocycles. The fourth-order valence-electron chi connectivity index (χ4n) is 1.72. The van der Waals surface area contributed by atoms with Crippen LogP contribution < -0.4 is 5.14 Å². The van der Waals surface area contributed by atoms with Crippen molar-refractivity contribution >= 4 is 31.4 Å². The molecule has 0 unspecified atom stereocenters. The van der Waals surface area contributed by atoms with E-state index in [1.54, 1.807) is 6.07 Å². The average Bonchev–Trinajstić information content (AvgIpc) is 2.68. The summed E-state index contributed by atoms with van der Waals surface area (Å²) in [6.45, 7) is 0.970. The average molecular weight is 284 g/mol. The second kappa shape index (κ2) is 4.97. The summed E-state index contributed by atoms with van der Waals surface area (Å²) in [6, 6.07) is 7.67. The molecule has 98 valence electrons. The van der Waals surface area contributed by atoms with Crippen molar-refractivity contribution in [3.05, 3.63) is 29.8 Å². The highest BCUT2D eigenvalue weighted by molar-refractivity contribution is 7.91. The largest absolute Gasteiger partial charge is 0.309 e. The van der Waals surface area contributed by atoms with E-state index < -0.39 is 10.0 Å². The van der Waals surface area contributed by atoms with E-state index in [0.29, 0.717) is 0 Å². The molecule has 0 saturated carbocycles. The molecule has 4 nitrogen and oxygen atoms in total. The smallest absolute Gasteiger partial charge is 0.247 e. The van der Waals surface area contributed by atoms with Crippen LogP contribution in [0.15, 0.2) is 28.5 Å². The predicted octanol–water partition coefficient (Wildman–Crippen LogP) is 1.65. The molecule has 0 atom stereocenters. The highest BCUT2D eigenvalue weighted by Crippen LogP contribution is 2.29. The van der Waals surface area contributed by atoms with Gasteiger partial charge in [-0.1, -0.05) is 12.1 Å². The topological polar surface area (TPSA) is 63.4 Å². The van der Waals surface area contributed by atoms with Gasteiger partial charge in [0.2, 0.25) is 10.0 Å². The van der Waals surface area contributed by atoms with Gasteiger partial charge in [-0.2, -0.15) is 0 Å². The molecule has 0 amide bonds. The number of nitrogens with zero attached hydrogens (tertiary/aromatic N) is 1. The highest BCUT2D eigenvalue weighted by atomic mass is 32.2. The summed E-state index contributed by atoms with van der Waals surface area (Å²) >= 11 is 1.21. The predicted molar refractivity (Wildman–Crippen MR) is 75.5 cm³/mol. The number of benzene rings is 1. The van der Waals surface area contributed by atoms with E-state index in [2.05, 4.69) is 4.90 Å². The van der Waals surface area contributed by atoms with Crippen LogP contribution >= 0.6 is 11.3 Å². The molecule has 0 spiro atoms. The summed E-state index contributed by atoms with van der Waals surface area (Å²) < 4.78 is 23.7. The second-order valence-electron chi connectivity index (χ2n) is 4.54. The molecule has 18 heavy (non-hydrogen) atoms. The van der Waals surface area contributed by atoms with Gasteiger partial charge in [-0.15, -0.1) is 11.3 Å². The van der Waals surface area contributed by atoms with Gasteiger partial charge < -0.3 is 4.90 Å². The number of hydrogen-bond acceptors (Lipinski definition) is 4. The third-order valence-corrected chi connectivity index (χ3v) is 5.22. The standard InChI is InChI=1S/C12H16N2O2S2/c1-14(2)6-5-9-3-4-11-10(7-9)8-12(17-11)18(13,15)16/h3-4,7-8H,5-6H2,1-2H3,(H2,13,15,16). The van der Waals surface area contributed by atoms with Gasteiger partial charge in [0.1, 0.15) is 4.21 Å². The van der Waals surface area contributed by atoms with Crippen LogP contribution in [0.1, 0.15) is 5.56 Å². The Balaban J connectivity index is 2.34. The van der Waals surface area contributed by atoms with Gasteiger partial charge in [-0.25, -0.2) is 13.6 Å². The monoisotopic (exact) mass is 284 g/mol. The van der Waals surface area contributed by atoms with Gasteiger partial charge >= 0.3 is 0 Å². The van der Waals surface area contributed by atoms with E-state index >= 15 is 0 Å². The van der Waals surface area contributed by atoms with Gasteiger partial charge in [0.25, 0.3) is 0 Å². The van der Waals surface area contributed by atoms with Gasteiger partial charge in [0.15, 0.2) is 0 Å². The van der Waals surface area contributed by atoms with Crippen LogP contribution in [0.5, 0.6) is 0 Å². The lowest BCUT2D eigenvalue weighted by Gasteiger charge is -2.08. The van der Waals surface area contributed by atoms with E-state index in [4.69, 9.17) is 5.14 Å². The number of likely N-dealkylation sites (N-methyl/N-ethyl adjacent to an activating group) is 1. The van der Waals surface area contributed by atoms with Gasteiger partial charge in [-0.05, 0) is 43.6 Å². The lowest BCUT2D eigenvalue weighted by Crippen LogP contribution is -2.14. The van der Waals surface area contributed by atoms with Crippen molar-refractivity contribution in [3.8, 4) is 0 Å². The molecule has 2 rings (SSSR count). The Labute approximate surface area is 111 Å². The molecule has 0 bridgehead atoms. The Bertz CT molecular complexity index is 660. The van der Waals surface area contributed by atoms with Crippen LogP contribution in [-0.4, -0.2) is 34.0 Å². The summed E-state index contributed by atoms with van der Waals surface area (Å²) in [5.41, 5.74) is 1.20. The highest BCUT2D eigenvalue weighted by Gasteiger charge is 2.12. The lowest BCUT2D eigenvalue weighted by atomic mass is 10.1. The lowest BCUT2D eigenvalue weighted by molar-refractivity contribution is 0.414. The summed E-state index contributed by atoms with van der Waals surface area (Å²) in [5, 5.41) is 6.08. The summed E-state index contributed by atoms with van der Waals surface area (Å²) in [5.74, 6) is 0. The van der Waals surface area contributed by atoms with Crippen LogP contribution in [0.25, 0.3) is 10.1 Å². The maximum absolute atomic E-state index is 11.3. The van der Waals surface area contributed by atoms with Crippen molar-refractivity contribution in [2.24, 2.45) is 5.14 Å². The van der Waals surface area contributed by atoms with Crippen molar-refractivity contribution in [1.82, 2.24) is 4.90 Å². The van der Waals surface area contributed by atoms with Crippen molar-refractivity contribution in [2.75, 3.05) is 20.6 Å². The maximum Gasteiger partial charge on any atom is 0.247 e. The molecule has 0 radical (unpaired) electrons. The number of fused-ring (bicyclic) bond motifs is 1. The van der Waals surface area contributed by atoms with Crippen LogP contribution in [0.2, 0.25) is 0 Å². The first-order chi connectivity index (χ1) is 8.36. The summed E-state index contributed by atoms with van der Waals surface area (Å²) in [4.78, 5) is 2.12. The zero-order valence-corrected chi connectivity index (χ0v) is 12.0. The molecule has 0 fully saturated rings. The molecule has 1 aromatic carbocycles. The van der Waals surface area contributed by atoms with Gasteiger partial charge in [0, 0.05) is 11.2 Å². The van der Waals surface area contributed by atoms with Crippen molar-refractivity contribution in [3.63, 3.8) is 0 Å². The van der Waals surface area contributed by atoms with E-state index in [1.807, 2.05) is 32.3 Å². The minimum atomic E-state index is -3.59. The molecule has 2 N–H and O–H groups in total. The van der Waals surface area contributed by atoms with Crippen molar-refractivity contribution in [2.45, 2.75) is 10.6 Å². The fraction of sp³-hybridized carbons (Fsp3) is 0.333. The molecule has 0 aliphatic rings. The number of rotatable bonds is 4. The van der Waals surface area contributed by atoms with E-state index in [1.165, 1.54) is 16.9 Å². The Morgan fingerprint density at radius 2 is 2.00 bits per heavy atom. The minimum absolute atomic E-state index is 0.224. The molecule has 6 heteroatoms. The number of nitrogens with two attached hydrogens (primary N) is 1. The van der Waals surface area contributed by atoms with Crippen LogP contribution in [-0.2, 0) is 16.4 Å². The van der Waals surface area contributed by atoms with Gasteiger partial charge in [-0.3, -0.25) is 0 Å². The molecule has 0 aliphatic carbocycles. The van der Waals surface area contributed by atoms with Crippen LogP contribution in [0.3, 0.4) is 0 Å². The number of primary sulfonamides is 1. The zero-order valence-electron chi connectivity index (χ0n) is 10.4. The fourth-order valence-corrected chi connectivity index (χ4v) is 3.52. The van der Waals surface area contributed by atoms with Crippen molar-refractivity contribution < 1.29 is 8.42 Å². The first kappa shape index (κ1) is 13.5. The normalized spacial score (nSPS) is 12.4. The Morgan fingerprint density at radius 1 is 1.28 bits per heavy atom. The molecule has 1 aromatic heterocycles. The minimum Gasteiger partial charge on any atom is -0.309 e. The van der Waals surface area contributed by atoms with E-state index in [0.717, 1.165) is 23.1 Å². The third kappa shape index (κ3) is 3.08. The van der Waals surface area contributed by atoms with Gasteiger partial charge in [0.05, 0.1) is 0 Å². The first-order valence-electron chi connectivity index (χ1n) is 5.56. The second-order valence-corrected chi connectivity index (χ2v) is 7.41. The van der Waals surface area contributed by atoms with Crippen LogP contribution in [0, 0.1) is 0 Å². The van der Waals surface area contributed by atoms with E-state index in [-0.39, 0.29) is 4.21 Å². The summed E-state index contributed by atoms with van der Waals surface area (Å²) in [7, 11) is 0.467. The Hall–Kier alpha value is -0.950. The molecular formula is C12H16N2O2S2. The number of sulfonamides is 1. The molecular weight excluding hydrogens is 268 g/mol.